The molecule has 4 saturated heterocycles. The van der Waals surface area contributed by atoms with Gasteiger partial charge in [0.15, 0.2) is 11.6 Å². The van der Waals surface area contributed by atoms with Crippen LogP contribution in [-0.2, 0) is 54.7 Å². The number of aliphatic hydroxyl groups excluding tert-OH is 2. The smallest absolute Gasteiger partial charge is 0.345 e. The number of nitrogens with zero attached hydrogens (tertiary/aromatic N) is 4. The van der Waals surface area contributed by atoms with Gasteiger partial charge in [0.25, 0.3) is 0 Å². The van der Waals surface area contributed by atoms with Crippen LogP contribution >= 0.6 is 45.3 Å². The second kappa shape index (κ2) is 48.9. The Morgan fingerprint density at radius 1 is 0.350 bits per heavy atom. The highest BCUT2D eigenvalue weighted by atomic mass is 32.1. The molecule has 0 bridgehead atoms. The van der Waals surface area contributed by atoms with Crippen molar-refractivity contribution < 1.29 is 88.1 Å². The lowest BCUT2D eigenvalue weighted by atomic mass is 10.0. The van der Waals surface area contributed by atoms with Crippen molar-refractivity contribution in [2.75, 3.05) is 32.8 Å². The van der Waals surface area contributed by atoms with Gasteiger partial charge in [0, 0.05) is 104 Å². The summed E-state index contributed by atoms with van der Waals surface area (Å²) in [5.41, 5.74) is 6.53. The monoisotopic (exact) mass is 1720 g/mol. The summed E-state index contributed by atoms with van der Waals surface area (Å²) in [6.07, 6.45) is 24.8. The van der Waals surface area contributed by atoms with Crippen LogP contribution in [0, 0.1) is 0 Å². The van der Waals surface area contributed by atoms with Gasteiger partial charge < -0.3 is 59.7 Å². The van der Waals surface area contributed by atoms with Crippen molar-refractivity contribution in [3.8, 4) is 0 Å². The normalized spacial score (nSPS) is 16.9. The van der Waals surface area contributed by atoms with Gasteiger partial charge in [-0.25, -0.2) is 19.2 Å². The summed E-state index contributed by atoms with van der Waals surface area (Å²) in [7, 11) is 0. The van der Waals surface area contributed by atoms with Crippen LogP contribution in [0.3, 0.4) is 0 Å². The van der Waals surface area contributed by atoms with Crippen molar-refractivity contribution in [2.45, 2.75) is 270 Å². The van der Waals surface area contributed by atoms with Crippen LogP contribution in [0.2, 0.25) is 0 Å². The molecular weight excluding hydrogens is 1600 g/mol. The molecule has 0 spiro atoms. The van der Waals surface area contributed by atoms with Crippen LogP contribution in [0.4, 0.5) is 22.7 Å². The van der Waals surface area contributed by atoms with E-state index < -0.39 is 36.1 Å². The number of Topliss-reactive ketones (excluding diaryl/α,β-unsaturated/α-hetero) is 2. The van der Waals surface area contributed by atoms with Gasteiger partial charge in [-0.3, -0.25) is 28.8 Å². The number of carboxylic acid groups (broad SMARTS) is 4. The number of hydrogen-bond acceptors (Lipinski definition) is 18. The van der Waals surface area contributed by atoms with E-state index >= 15 is 0 Å². The summed E-state index contributed by atoms with van der Waals surface area (Å²) in [5, 5.41) is 56.8. The van der Waals surface area contributed by atoms with Gasteiger partial charge in [0.05, 0.1) is 50.7 Å². The number of carbonyl (C=O) groups is 10. The van der Waals surface area contributed by atoms with Crippen LogP contribution in [0.15, 0.2) is 146 Å². The lowest BCUT2D eigenvalue weighted by molar-refractivity contribution is -0.118. The predicted molar refractivity (Wildman–Crippen MR) is 473 cm³/mol. The number of aromatic carboxylic acids is 4. The van der Waals surface area contributed by atoms with E-state index in [9.17, 15) is 58.2 Å². The molecule has 120 heavy (non-hydrogen) atoms. The summed E-state index contributed by atoms with van der Waals surface area (Å²) in [6.45, 7) is 9.95. The van der Waals surface area contributed by atoms with Gasteiger partial charge in [-0.2, -0.15) is 0 Å². The lowest BCUT2D eigenvalue weighted by Gasteiger charge is -2.25. The molecule has 4 aromatic carbocycles. The number of carbonyl (C=O) groups excluding carboxylic acids is 6. The zero-order valence-corrected chi connectivity index (χ0v) is 72.6. The van der Waals surface area contributed by atoms with Crippen LogP contribution in [-0.4, -0.2) is 127 Å². The van der Waals surface area contributed by atoms with Crippen molar-refractivity contribution in [1.29, 1.82) is 0 Å². The van der Waals surface area contributed by atoms with Gasteiger partial charge in [0.2, 0.25) is 23.6 Å². The van der Waals surface area contributed by atoms with E-state index in [-0.39, 0.29) is 64.2 Å². The van der Waals surface area contributed by atoms with Crippen molar-refractivity contribution in [3.63, 3.8) is 0 Å². The number of amides is 4. The van der Waals surface area contributed by atoms with E-state index in [2.05, 4.69) is 27.7 Å². The molecule has 4 aliphatic heterocycles. The lowest BCUT2D eigenvalue weighted by Crippen LogP contribution is -2.36. The molecule has 8 heterocycles. The molecule has 2 unspecified atom stereocenters. The molecule has 644 valence electrons. The molecule has 4 fully saturated rings. The minimum Gasteiger partial charge on any atom is -0.477 e. The number of ether oxygens (including phenoxy) is 2. The number of thiophene rings is 4. The van der Waals surface area contributed by atoms with Crippen molar-refractivity contribution in [3.05, 3.63) is 207 Å². The zero-order chi connectivity index (χ0) is 86.0. The van der Waals surface area contributed by atoms with E-state index in [4.69, 9.17) is 29.9 Å². The highest BCUT2D eigenvalue weighted by molar-refractivity contribution is 7.14. The van der Waals surface area contributed by atoms with Crippen molar-refractivity contribution in [2.24, 2.45) is 0 Å². The third-order valence-electron chi connectivity index (χ3n) is 22.0. The maximum atomic E-state index is 12.5. The van der Waals surface area contributed by atoms with E-state index in [0.29, 0.717) is 97.1 Å². The van der Waals surface area contributed by atoms with Crippen molar-refractivity contribution in [1.82, 2.24) is 0 Å². The molecule has 26 heteroatoms. The molecule has 0 radical (unpaired) electrons. The minimum atomic E-state index is -0.939. The molecular formula is C94H116N4O18S4. The quantitative estimate of drug-likeness (QED) is 0.0153. The summed E-state index contributed by atoms with van der Waals surface area (Å²) in [5.74, 6) is -2.92. The number of ketones is 2. The highest BCUT2D eigenvalue weighted by Crippen LogP contribution is 2.36. The SMILES string of the molecule is CCCCCC(=O)c1ccc(N2C(=O)CC[C@H]2CCCc2ccc(C(=O)O)s2)cc1.CCCCCC(=O)c1ccc(N2C(=O)CC[C@H]2COCc2ccc(C(=O)O)s2)cc1.CCCCCC(O)c1ccc(N2C(=O)CC[C@H]2CCCc2ccc(C(=O)O)s2)cc1.CCCCCC(O)c1ccc(N2C(=O)CC[C@H]2COCc2ccc(C(=O)O)s2)cc1. The molecule has 12 rings (SSSR count). The Kier molecular flexibility index (Phi) is 38.5. The number of anilines is 4. The van der Waals surface area contributed by atoms with Crippen LogP contribution in [0.25, 0.3) is 0 Å². The topological polar surface area (TPSA) is 324 Å². The maximum absolute atomic E-state index is 12.5. The Bertz CT molecular complexity index is 4340. The molecule has 4 aromatic heterocycles. The first-order chi connectivity index (χ1) is 58.0. The largest absolute Gasteiger partial charge is 0.477 e. The third kappa shape index (κ3) is 28.4. The molecule has 4 aliphatic rings. The second-order valence-corrected chi connectivity index (χ2v) is 35.7. The standard InChI is InChI=1S/C24H31NO4S.C24H29NO4S.C23H29NO5S.C23H27NO5S/c2*1-2-3-4-8-21(26)17-9-11-19(12-10-17)25-18(13-16-23(25)27)6-5-7-20-14-15-22(30-20)24(28)29;2*1-2-3-4-5-20(25)16-6-8-17(9-7-16)24-18(10-13-22(24)26)14-29-15-19-11-12-21(30-19)23(27)28/h9-12,14-15,18,21,26H,2-8,13,16H2,1H3,(H,28,29);9-12,14-15,18H,2-8,13,16H2,1H3,(H,28,29);6-9,11-12,18,20,25H,2-5,10,13-15H2,1H3,(H,27,28);6-9,11-12,18H,2-5,10,13-15H2,1H3,(H,27,28)/t18-,21?;18-;18-,20?;18-/m1100/s1. The van der Waals surface area contributed by atoms with Crippen LogP contribution in [0.1, 0.15) is 310 Å². The van der Waals surface area contributed by atoms with Crippen molar-refractivity contribution >= 4 is 127 Å². The zero-order valence-electron chi connectivity index (χ0n) is 69.4. The van der Waals surface area contributed by atoms with E-state index in [0.717, 1.165) is 201 Å². The van der Waals surface area contributed by atoms with Gasteiger partial charge in [-0.15, -0.1) is 45.3 Å². The summed E-state index contributed by atoms with van der Waals surface area (Å²) in [6, 6.07) is 44.0. The Balaban J connectivity index is 0.000000182. The fourth-order valence-corrected chi connectivity index (χ4v) is 18.8. The first-order valence-electron chi connectivity index (χ1n) is 42.5. The average molecular weight is 1720 g/mol. The highest BCUT2D eigenvalue weighted by Gasteiger charge is 2.36. The third-order valence-corrected chi connectivity index (χ3v) is 26.4. The number of unbranched alkanes of at least 4 members (excludes halogenated alkanes) is 8. The fraction of sp³-hybridized carbons (Fsp3) is 0.468. The Labute approximate surface area is 720 Å². The molecule has 6 atom stereocenters. The molecule has 6 N–H and O–H groups in total. The van der Waals surface area contributed by atoms with Gasteiger partial charge >= 0.3 is 23.9 Å². The van der Waals surface area contributed by atoms with Gasteiger partial charge in [0.1, 0.15) is 19.5 Å². The molecule has 4 amide bonds. The van der Waals surface area contributed by atoms with E-state index in [1.807, 2.05) is 107 Å². The Morgan fingerprint density at radius 2 is 0.625 bits per heavy atom. The number of benzene rings is 4. The Morgan fingerprint density at radius 3 is 0.925 bits per heavy atom. The summed E-state index contributed by atoms with van der Waals surface area (Å²) < 4.78 is 11.6. The first kappa shape index (κ1) is 94.5. The molecule has 22 nitrogen and oxygen atoms in total. The summed E-state index contributed by atoms with van der Waals surface area (Å²) >= 11 is 5.05. The molecule has 0 saturated carbocycles. The molecule has 8 aromatic rings. The minimum absolute atomic E-state index is 0.0447. The predicted octanol–water partition coefficient (Wildman–Crippen LogP) is 21.0. The maximum Gasteiger partial charge on any atom is 0.345 e. The fourth-order valence-electron chi connectivity index (χ4n) is 15.5. The summed E-state index contributed by atoms with van der Waals surface area (Å²) in [4.78, 5) is 131. The Hall–Kier alpha value is -9.38. The first-order valence-corrected chi connectivity index (χ1v) is 45.8. The number of rotatable bonds is 44. The van der Waals surface area contributed by atoms with Gasteiger partial charge in [-0.05, 0) is 222 Å². The number of hydrogen-bond donors (Lipinski definition) is 6. The van der Waals surface area contributed by atoms with Crippen LogP contribution in [0.5, 0.6) is 0 Å². The number of aliphatic hydroxyl groups is 2. The molecule has 0 aliphatic carbocycles. The number of aryl methyl sites for hydroxylation is 2. The second-order valence-electron chi connectivity index (χ2n) is 31.0. The number of carboxylic acids is 4. The van der Waals surface area contributed by atoms with E-state index in [1.54, 1.807) is 58.3 Å². The van der Waals surface area contributed by atoms with E-state index in [1.165, 1.54) is 45.3 Å². The average Bonchev–Trinajstić information content (AvgIpc) is 1.87. The van der Waals surface area contributed by atoms with Crippen LogP contribution < -0.4 is 19.6 Å². The van der Waals surface area contributed by atoms with Gasteiger partial charge in [-0.1, -0.05) is 116 Å².